The lowest BCUT2D eigenvalue weighted by molar-refractivity contribution is -0.947. The summed E-state index contributed by atoms with van der Waals surface area (Å²) < 4.78 is 0.744. The van der Waals surface area contributed by atoms with Crippen molar-refractivity contribution in [3.8, 4) is 0 Å². The fourth-order valence-electron chi connectivity index (χ4n) is 2.38. The highest BCUT2D eigenvalue weighted by atomic mass is 15.4. The van der Waals surface area contributed by atoms with Crippen LogP contribution in [0.4, 0.5) is 0 Å². The van der Waals surface area contributed by atoms with Crippen LogP contribution >= 0.6 is 0 Å². The van der Waals surface area contributed by atoms with Gasteiger partial charge in [0.25, 0.3) is 0 Å². The number of unbranched alkanes of at least 4 members (excludes halogenated alkanes) is 1. The molecule has 0 bridgehead atoms. The van der Waals surface area contributed by atoms with E-state index in [-0.39, 0.29) is 6.17 Å². The Morgan fingerprint density at radius 2 is 1.18 bits per heavy atom. The molecule has 17 heavy (non-hydrogen) atoms. The van der Waals surface area contributed by atoms with Gasteiger partial charge in [-0.3, -0.25) is 5.73 Å². The number of quaternary nitrogens is 1. The van der Waals surface area contributed by atoms with E-state index in [4.69, 9.17) is 28.7 Å². The molecule has 1 unspecified atom stereocenters. The number of hydrogen-bond acceptors (Lipinski definition) is 5. The van der Waals surface area contributed by atoms with Crippen molar-refractivity contribution in [3.63, 3.8) is 0 Å². The number of nitrogens with two attached hydrogens (primary N) is 5. The smallest absolute Gasteiger partial charge is 0.140 e. The average Bonchev–Trinajstić information content (AvgIpc) is 2.30. The van der Waals surface area contributed by atoms with Crippen LogP contribution in [0.5, 0.6) is 0 Å². The molecule has 0 aromatic heterocycles. The van der Waals surface area contributed by atoms with Crippen LogP contribution < -0.4 is 28.7 Å². The summed E-state index contributed by atoms with van der Waals surface area (Å²) in [7, 11) is 0. The first-order valence-corrected chi connectivity index (χ1v) is 6.58. The SMILES string of the molecule is NCCCCC(N)[N+](CCN)(CCN)CCN. The summed E-state index contributed by atoms with van der Waals surface area (Å²) in [5.74, 6) is 0. The second kappa shape index (κ2) is 9.76. The van der Waals surface area contributed by atoms with Crippen LogP contribution in [0.1, 0.15) is 19.3 Å². The molecule has 0 heterocycles. The van der Waals surface area contributed by atoms with Gasteiger partial charge < -0.3 is 27.4 Å². The molecule has 0 aromatic carbocycles. The molecule has 0 aromatic rings. The molecule has 0 rings (SSSR count). The Hall–Kier alpha value is -0.240. The van der Waals surface area contributed by atoms with Crippen molar-refractivity contribution in [2.45, 2.75) is 25.4 Å². The highest BCUT2D eigenvalue weighted by molar-refractivity contribution is 4.58. The first-order chi connectivity index (χ1) is 8.16. The lowest BCUT2D eigenvalue weighted by atomic mass is 10.1. The predicted molar refractivity (Wildman–Crippen MR) is 72.9 cm³/mol. The van der Waals surface area contributed by atoms with Crippen LogP contribution in [0.25, 0.3) is 0 Å². The number of hydrogen-bond donors (Lipinski definition) is 5. The maximum Gasteiger partial charge on any atom is 0.140 e. The zero-order chi connectivity index (χ0) is 13.1. The summed E-state index contributed by atoms with van der Waals surface area (Å²) in [4.78, 5) is 0. The topological polar surface area (TPSA) is 130 Å². The molecule has 0 amide bonds. The largest absolute Gasteiger partial charge is 0.330 e. The maximum absolute atomic E-state index is 6.32. The van der Waals surface area contributed by atoms with Gasteiger partial charge in [0.1, 0.15) is 6.17 Å². The highest BCUT2D eigenvalue weighted by Gasteiger charge is 2.31. The molecule has 0 radical (unpaired) electrons. The van der Waals surface area contributed by atoms with Crippen molar-refractivity contribution in [2.24, 2.45) is 28.7 Å². The van der Waals surface area contributed by atoms with Crippen molar-refractivity contribution in [3.05, 3.63) is 0 Å². The Balaban J connectivity index is 4.48. The first kappa shape index (κ1) is 16.8. The molecule has 0 fully saturated rings. The van der Waals surface area contributed by atoms with E-state index in [9.17, 15) is 0 Å². The van der Waals surface area contributed by atoms with Gasteiger partial charge in [-0.15, -0.1) is 0 Å². The van der Waals surface area contributed by atoms with Crippen LogP contribution in [-0.2, 0) is 0 Å². The molecule has 0 saturated carbocycles. The van der Waals surface area contributed by atoms with Gasteiger partial charge in [-0.05, 0) is 19.4 Å². The molecule has 0 saturated heterocycles. The Kier molecular flexibility index (Phi) is 9.62. The molecule has 0 aliphatic carbocycles. The van der Waals surface area contributed by atoms with Gasteiger partial charge in [0.15, 0.2) is 0 Å². The zero-order valence-electron chi connectivity index (χ0n) is 11.0. The lowest BCUT2D eigenvalue weighted by Gasteiger charge is -2.43. The van der Waals surface area contributed by atoms with E-state index in [1.54, 1.807) is 0 Å². The van der Waals surface area contributed by atoms with E-state index in [0.717, 1.165) is 49.9 Å². The molecule has 0 spiro atoms. The van der Waals surface area contributed by atoms with E-state index in [0.29, 0.717) is 19.6 Å². The Labute approximate surface area is 105 Å². The van der Waals surface area contributed by atoms with Crippen molar-refractivity contribution >= 4 is 0 Å². The summed E-state index contributed by atoms with van der Waals surface area (Å²) in [5.41, 5.74) is 28.9. The fraction of sp³-hybridized carbons (Fsp3) is 1.00. The minimum atomic E-state index is 0.0669. The van der Waals surface area contributed by atoms with Crippen LogP contribution in [-0.4, -0.2) is 56.5 Å². The fourth-order valence-corrected chi connectivity index (χ4v) is 2.38. The van der Waals surface area contributed by atoms with E-state index in [2.05, 4.69) is 0 Å². The minimum absolute atomic E-state index is 0.0669. The van der Waals surface area contributed by atoms with E-state index in [1.165, 1.54) is 0 Å². The van der Waals surface area contributed by atoms with Gasteiger partial charge in [0.05, 0.1) is 19.6 Å². The van der Waals surface area contributed by atoms with Crippen molar-refractivity contribution in [1.82, 2.24) is 0 Å². The van der Waals surface area contributed by atoms with Crippen LogP contribution in [0.3, 0.4) is 0 Å². The molecule has 6 heteroatoms. The second-order valence-electron chi connectivity index (χ2n) is 4.61. The quantitative estimate of drug-likeness (QED) is 0.165. The summed E-state index contributed by atoms with van der Waals surface area (Å²) >= 11 is 0. The maximum atomic E-state index is 6.32. The van der Waals surface area contributed by atoms with Gasteiger partial charge in [-0.2, -0.15) is 0 Å². The zero-order valence-corrected chi connectivity index (χ0v) is 11.0. The number of nitrogens with zero attached hydrogens (tertiary/aromatic N) is 1. The minimum Gasteiger partial charge on any atom is -0.330 e. The van der Waals surface area contributed by atoms with Crippen LogP contribution in [0.15, 0.2) is 0 Å². The van der Waals surface area contributed by atoms with Crippen molar-refractivity contribution in [1.29, 1.82) is 0 Å². The lowest BCUT2D eigenvalue weighted by Crippen LogP contribution is -2.64. The number of rotatable bonds is 11. The van der Waals surface area contributed by atoms with E-state index < -0.39 is 0 Å². The summed E-state index contributed by atoms with van der Waals surface area (Å²) in [6.45, 7) is 5.10. The standard InChI is InChI=1S/C11H31N6/c12-4-2-1-3-11(16)17(8-5-13,9-6-14)10-7-15/h11H,1-10,12-16H2/q+1. The summed E-state index contributed by atoms with van der Waals surface area (Å²) in [6, 6.07) is 0. The molecular formula is C11H31N6+. The van der Waals surface area contributed by atoms with E-state index in [1.807, 2.05) is 0 Å². The van der Waals surface area contributed by atoms with E-state index >= 15 is 0 Å². The third-order valence-electron chi connectivity index (χ3n) is 3.38. The van der Waals surface area contributed by atoms with Crippen molar-refractivity contribution < 1.29 is 4.48 Å². The molecule has 0 aliphatic rings. The molecule has 10 N–H and O–H groups in total. The average molecular weight is 247 g/mol. The van der Waals surface area contributed by atoms with Crippen molar-refractivity contribution in [2.75, 3.05) is 45.8 Å². The normalized spacial score (nSPS) is 13.9. The summed E-state index contributed by atoms with van der Waals surface area (Å²) in [5, 5.41) is 0. The van der Waals surface area contributed by atoms with Crippen LogP contribution in [0, 0.1) is 0 Å². The Bertz CT molecular complexity index is 158. The molecule has 0 aliphatic heterocycles. The molecule has 6 nitrogen and oxygen atoms in total. The summed E-state index contributed by atoms with van der Waals surface area (Å²) in [6.07, 6.45) is 3.09. The third kappa shape index (κ3) is 5.76. The highest BCUT2D eigenvalue weighted by Crippen LogP contribution is 2.14. The van der Waals surface area contributed by atoms with Crippen LogP contribution in [0.2, 0.25) is 0 Å². The third-order valence-corrected chi connectivity index (χ3v) is 3.38. The van der Waals surface area contributed by atoms with Gasteiger partial charge in [0, 0.05) is 26.1 Å². The predicted octanol–water partition coefficient (Wildman–Crippen LogP) is -1.91. The molecule has 1 atom stereocenters. The van der Waals surface area contributed by atoms with Gasteiger partial charge in [-0.25, -0.2) is 0 Å². The second-order valence-corrected chi connectivity index (χ2v) is 4.61. The molecule has 104 valence electrons. The Morgan fingerprint density at radius 1 is 0.706 bits per heavy atom. The first-order valence-electron chi connectivity index (χ1n) is 6.58. The molecular weight excluding hydrogens is 216 g/mol. The van der Waals surface area contributed by atoms with Gasteiger partial charge >= 0.3 is 0 Å². The van der Waals surface area contributed by atoms with Gasteiger partial charge in [0.2, 0.25) is 0 Å². The van der Waals surface area contributed by atoms with Gasteiger partial charge in [-0.1, -0.05) is 0 Å². The monoisotopic (exact) mass is 247 g/mol. The Morgan fingerprint density at radius 3 is 1.53 bits per heavy atom.